The Morgan fingerprint density at radius 2 is 1.81 bits per heavy atom. The Morgan fingerprint density at radius 1 is 1.14 bits per heavy atom. The lowest BCUT2D eigenvalue weighted by Crippen LogP contribution is -2.49. The van der Waals surface area contributed by atoms with Gasteiger partial charge in [-0.3, -0.25) is 4.31 Å². The molecule has 1 aliphatic carbocycles. The van der Waals surface area contributed by atoms with Crippen molar-refractivity contribution in [2.45, 2.75) is 57.5 Å². The molecule has 5 heteroatoms. The van der Waals surface area contributed by atoms with Crippen LogP contribution in [0.3, 0.4) is 0 Å². The van der Waals surface area contributed by atoms with Crippen LogP contribution in [0.25, 0.3) is 0 Å². The second-order valence-electron chi connectivity index (χ2n) is 6.29. The Labute approximate surface area is 127 Å². The first-order valence-electron chi connectivity index (χ1n) is 7.87. The van der Waals surface area contributed by atoms with E-state index in [2.05, 4.69) is 0 Å². The quantitative estimate of drug-likeness (QED) is 0.861. The number of rotatable bonds is 3. The number of benzene rings is 1. The Kier molecular flexibility index (Phi) is 3.97. The van der Waals surface area contributed by atoms with E-state index < -0.39 is 10.2 Å². The van der Waals surface area contributed by atoms with E-state index in [9.17, 15) is 8.42 Å². The summed E-state index contributed by atoms with van der Waals surface area (Å²) in [4.78, 5) is 0. The van der Waals surface area contributed by atoms with E-state index in [0.29, 0.717) is 0 Å². The molecule has 0 N–H and O–H groups in total. The fourth-order valence-electron chi connectivity index (χ4n) is 3.66. The van der Waals surface area contributed by atoms with Crippen LogP contribution in [0.15, 0.2) is 24.3 Å². The van der Waals surface area contributed by atoms with Gasteiger partial charge in [0.2, 0.25) is 0 Å². The lowest BCUT2D eigenvalue weighted by atomic mass is 9.96. The van der Waals surface area contributed by atoms with E-state index in [0.717, 1.165) is 43.4 Å². The number of hydrogen-bond donors (Lipinski definition) is 0. The van der Waals surface area contributed by atoms with Gasteiger partial charge < -0.3 is 0 Å². The van der Waals surface area contributed by atoms with Crippen LogP contribution in [-0.4, -0.2) is 31.9 Å². The van der Waals surface area contributed by atoms with Gasteiger partial charge in [-0.1, -0.05) is 37.5 Å². The maximum absolute atomic E-state index is 13.1. The smallest absolute Gasteiger partial charge is 0.254 e. The summed E-state index contributed by atoms with van der Waals surface area (Å²) in [6.45, 7) is 1.99. The summed E-state index contributed by atoms with van der Waals surface area (Å²) in [5.74, 6) is 0. The van der Waals surface area contributed by atoms with Crippen molar-refractivity contribution in [1.29, 1.82) is 0 Å². The van der Waals surface area contributed by atoms with Gasteiger partial charge in [0.15, 0.2) is 0 Å². The number of nitrogens with zero attached hydrogens (tertiary/aromatic N) is 2. The third kappa shape index (κ3) is 2.57. The number of para-hydroxylation sites is 1. The fourth-order valence-corrected chi connectivity index (χ4v) is 5.48. The average molecular weight is 308 g/mol. The lowest BCUT2D eigenvalue weighted by Gasteiger charge is -2.35. The van der Waals surface area contributed by atoms with E-state index in [-0.39, 0.29) is 12.1 Å². The van der Waals surface area contributed by atoms with Crippen LogP contribution in [0.2, 0.25) is 0 Å². The van der Waals surface area contributed by atoms with Gasteiger partial charge in [-0.2, -0.15) is 12.7 Å². The average Bonchev–Trinajstić information content (AvgIpc) is 2.83. The summed E-state index contributed by atoms with van der Waals surface area (Å²) in [6, 6.07) is 8.00. The first-order valence-corrected chi connectivity index (χ1v) is 9.27. The van der Waals surface area contributed by atoms with E-state index in [1.54, 1.807) is 15.7 Å². The molecule has 1 unspecified atom stereocenters. The molecule has 4 nitrogen and oxygen atoms in total. The third-order valence-corrected chi connectivity index (χ3v) is 6.93. The highest BCUT2D eigenvalue weighted by molar-refractivity contribution is 7.90. The summed E-state index contributed by atoms with van der Waals surface area (Å²) in [5, 5.41) is 0. The van der Waals surface area contributed by atoms with Crippen molar-refractivity contribution in [2.75, 3.05) is 11.4 Å². The molecule has 0 aromatic heterocycles. The van der Waals surface area contributed by atoms with Gasteiger partial charge in [-0.05, 0) is 37.8 Å². The molecule has 21 heavy (non-hydrogen) atoms. The second-order valence-corrected chi connectivity index (χ2v) is 8.16. The monoisotopic (exact) mass is 308 g/mol. The zero-order valence-electron chi connectivity index (χ0n) is 12.8. The van der Waals surface area contributed by atoms with Gasteiger partial charge in [0, 0.05) is 19.1 Å². The number of hydrogen-bond acceptors (Lipinski definition) is 2. The minimum Gasteiger partial charge on any atom is -0.254 e. The maximum Gasteiger partial charge on any atom is 0.304 e. The van der Waals surface area contributed by atoms with Crippen LogP contribution < -0.4 is 4.31 Å². The molecule has 116 valence electrons. The normalized spacial score (nSPS) is 23.6. The SMILES string of the molecule is CC1Cc2ccccc2N1S(=O)(=O)N(C)C1CCCCC1. The van der Waals surface area contributed by atoms with Gasteiger partial charge in [-0.25, -0.2) is 0 Å². The van der Waals surface area contributed by atoms with Gasteiger partial charge >= 0.3 is 10.2 Å². The van der Waals surface area contributed by atoms with Gasteiger partial charge in [0.1, 0.15) is 0 Å². The molecular formula is C16H24N2O2S. The Hall–Kier alpha value is -1.07. The van der Waals surface area contributed by atoms with Crippen LogP contribution in [0.4, 0.5) is 5.69 Å². The molecule has 3 rings (SSSR count). The molecule has 0 saturated heterocycles. The van der Waals surface area contributed by atoms with Gasteiger partial charge in [0.05, 0.1) is 5.69 Å². The van der Waals surface area contributed by atoms with Crippen molar-refractivity contribution in [2.24, 2.45) is 0 Å². The van der Waals surface area contributed by atoms with Crippen molar-refractivity contribution in [3.8, 4) is 0 Å². The Morgan fingerprint density at radius 3 is 2.52 bits per heavy atom. The predicted molar refractivity (Wildman–Crippen MR) is 85.6 cm³/mol. The highest BCUT2D eigenvalue weighted by Gasteiger charge is 2.39. The highest BCUT2D eigenvalue weighted by atomic mass is 32.2. The van der Waals surface area contributed by atoms with Gasteiger partial charge in [-0.15, -0.1) is 0 Å². The minimum atomic E-state index is -3.43. The highest BCUT2D eigenvalue weighted by Crippen LogP contribution is 2.36. The molecule has 1 fully saturated rings. The summed E-state index contributed by atoms with van der Waals surface area (Å²) in [5.41, 5.74) is 1.98. The molecule has 0 amide bonds. The largest absolute Gasteiger partial charge is 0.304 e. The zero-order chi connectivity index (χ0) is 15.0. The van der Waals surface area contributed by atoms with Crippen molar-refractivity contribution < 1.29 is 8.42 Å². The van der Waals surface area contributed by atoms with E-state index in [1.807, 2.05) is 31.2 Å². The van der Waals surface area contributed by atoms with Crippen LogP contribution in [0, 0.1) is 0 Å². The molecule has 1 aliphatic heterocycles. The van der Waals surface area contributed by atoms with E-state index >= 15 is 0 Å². The Balaban J connectivity index is 1.91. The van der Waals surface area contributed by atoms with E-state index in [4.69, 9.17) is 0 Å². The number of anilines is 1. The molecular weight excluding hydrogens is 284 g/mol. The first kappa shape index (κ1) is 14.9. The topological polar surface area (TPSA) is 40.6 Å². The minimum absolute atomic E-state index is 0.00144. The number of fused-ring (bicyclic) bond motifs is 1. The van der Waals surface area contributed by atoms with Crippen LogP contribution in [-0.2, 0) is 16.6 Å². The summed E-state index contributed by atoms with van der Waals surface area (Å²) >= 11 is 0. The summed E-state index contributed by atoms with van der Waals surface area (Å²) < 4.78 is 29.4. The molecule has 1 aromatic rings. The zero-order valence-corrected chi connectivity index (χ0v) is 13.6. The predicted octanol–water partition coefficient (Wildman–Crippen LogP) is 2.95. The van der Waals surface area contributed by atoms with Crippen molar-refractivity contribution >= 4 is 15.9 Å². The van der Waals surface area contributed by atoms with Gasteiger partial charge in [0.25, 0.3) is 0 Å². The lowest BCUT2D eigenvalue weighted by molar-refractivity contribution is 0.284. The molecule has 1 atom stereocenters. The third-order valence-electron chi connectivity index (χ3n) is 4.85. The molecule has 1 aromatic carbocycles. The molecule has 0 spiro atoms. The molecule has 2 aliphatic rings. The fraction of sp³-hybridized carbons (Fsp3) is 0.625. The van der Waals surface area contributed by atoms with Crippen LogP contribution in [0.1, 0.15) is 44.6 Å². The van der Waals surface area contributed by atoms with Crippen molar-refractivity contribution in [3.63, 3.8) is 0 Å². The van der Waals surface area contributed by atoms with Crippen LogP contribution >= 0.6 is 0 Å². The summed E-state index contributed by atoms with van der Waals surface area (Å²) in [7, 11) is -1.69. The Bertz CT molecular complexity index is 608. The van der Waals surface area contributed by atoms with Crippen molar-refractivity contribution in [3.05, 3.63) is 29.8 Å². The van der Waals surface area contributed by atoms with Crippen LogP contribution in [0.5, 0.6) is 0 Å². The molecule has 0 bridgehead atoms. The molecule has 1 heterocycles. The van der Waals surface area contributed by atoms with E-state index in [1.165, 1.54) is 6.42 Å². The summed E-state index contributed by atoms with van der Waals surface area (Å²) in [6.07, 6.45) is 6.27. The van der Waals surface area contributed by atoms with Crippen molar-refractivity contribution in [1.82, 2.24) is 4.31 Å². The first-order chi connectivity index (χ1) is 10.0. The second kappa shape index (κ2) is 5.61. The molecule has 1 saturated carbocycles. The maximum atomic E-state index is 13.1. The standard InChI is InChI=1S/C16H24N2O2S/c1-13-12-14-8-6-7-11-16(14)18(13)21(19,20)17(2)15-9-4-3-5-10-15/h6-8,11,13,15H,3-5,9-10,12H2,1-2H3. The molecule has 0 radical (unpaired) electrons.